The number of pyridine rings is 1. The number of hydrogen-bond donors (Lipinski definition) is 1. The Morgan fingerprint density at radius 2 is 1.65 bits per heavy atom. The Bertz CT molecular complexity index is 1680. The van der Waals surface area contributed by atoms with Crippen LogP contribution in [0.2, 0.25) is 0 Å². The minimum Gasteiger partial charge on any atom is -0.351 e. The molecule has 2 aromatic heterocycles. The Morgan fingerprint density at radius 3 is 2.33 bits per heavy atom. The molecular formula is C30H22FN5O2S2. The molecule has 0 bridgehead atoms. The molecule has 10 heteroatoms. The Hall–Kier alpha value is -4.54. The Labute approximate surface area is 239 Å². The van der Waals surface area contributed by atoms with E-state index in [4.69, 9.17) is 12.2 Å². The van der Waals surface area contributed by atoms with Gasteiger partial charge >= 0.3 is 0 Å². The molecule has 198 valence electrons. The van der Waals surface area contributed by atoms with E-state index in [1.807, 2.05) is 71.4 Å². The third kappa shape index (κ3) is 5.06. The summed E-state index contributed by atoms with van der Waals surface area (Å²) in [5.41, 5.74) is 3.44. The first-order valence-electron chi connectivity index (χ1n) is 12.4. The number of hydrogen-bond acceptors (Lipinski definition) is 5. The fraction of sp³-hybridized carbons (Fsp3) is 0.0667. The van der Waals surface area contributed by atoms with Crippen LogP contribution in [0.25, 0.3) is 5.69 Å². The summed E-state index contributed by atoms with van der Waals surface area (Å²) < 4.78 is 16.1. The van der Waals surface area contributed by atoms with Crippen LogP contribution in [0, 0.1) is 15.9 Å². The normalized spacial score (nSPS) is 16.6. The summed E-state index contributed by atoms with van der Waals surface area (Å²) >= 11 is 7.38. The molecule has 0 unspecified atom stereocenters. The van der Waals surface area contributed by atoms with Gasteiger partial charge in [-0.25, -0.2) is 4.39 Å². The maximum Gasteiger partial charge on any atom is 0.269 e. The van der Waals surface area contributed by atoms with E-state index in [1.54, 1.807) is 24.4 Å². The second kappa shape index (κ2) is 10.9. The van der Waals surface area contributed by atoms with Gasteiger partial charge in [-0.1, -0.05) is 23.9 Å². The molecule has 1 N–H and O–H groups in total. The van der Waals surface area contributed by atoms with Gasteiger partial charge in [-0.15, -0.1) is 0 Å². The van der Waals surface area contributed by atoms with Gasteiger partial charge in [-0.2, -0.15) is 0 Å². The molecule has 0 spiro atoms. The summed E-state index contributed by atoms with van der Waals surface area (Å²) in [6.45, 7) is 0. The molecule has 0 amide bonds. The molecule has 0 aliphatic carbocycles. The number of non-ortho nitro benzene ring substituents is 1. The van der Waals surface area contributed by atoms with E-state index >= 15 is 0 Å². The lowest BCUT2D eigenvalue weighted by Crippen LogP contribution is -2.30. The average Bonchev–Trinajstić information content (AvgIpc) is 3.59. The lowest BCUT2D eigenvalue weighted by atomic mass is 10.0. The van der Waals surface area contributed by atoms with Crippen molar-refractivity contribution in [3.05, 3.63) is 143 Å². The van der Waals surface area contributed by atoms with Crippen LogP contribution in [0.5, 0.6) is 0 Å². The van der Waals surface area contributed by atoms with E-state index in [1.165, 1.54) is 36.0 Å². The van der Waals surface area contributed by atoms with Gasteiger partial charge in [-0.05, 0) is 91.1 Å². The van der Waals surface area contributed by atoms with Crippen LogP contribution in [0.3, 0.4) is 0 Å². The SMILES string of the molecule is O=[N+]([O-])c1ccc(Sc2ccc(N3C(=S)N[C@H](c4ccccn4)[C@@H]3c3cccn3-c3cccc(F)c3)cc2)cc1. The van der Waals surface area contributed by atoms with E-state index in [9.17, 15) is 14.5 Å². The van der Waals surface area contributed by atoms with Crippen LogP contribution in [0.4, 0.5) is 15.8 Å². The molecule has 6 rings (SSSR count). The minimum absolute atomic E-state index is 0.0613. The molecule has 3 heterocycles. The van der Waals surface area contributed by atoms with Crippen molar-refractivity contribution < 1.29 is 9.31 Å². The first kappa shape index (κ1) is 25.7. The predicted octanol–water partition coefficient (Wildman–Crippen LogP) is 7.25. The summed E-state index contributed by atoms with van der Waals surface area (Å²) in [5, 5.41) is 15.0. The number of thiocarbonyl (C=S) groups is 1. The molecule has 2 atom stereocenters. The van der Waals surface area contributed by atoms with Gasteiger partial charge in [0.05, 0.1) is 16.7 Å². The summed E-state index contributed by atoms with van der Waals surface area (Å²) in [4.78, 5) is 19.1. The first-order valence-corrected chi connectivity index (χ1v) is 13.7. The second-order valence-corrected chi connectivity index (χ2v) is 10.7. The number of anilines is 1. The molecule has 1 aliphatic heterocycles. The number of nitrogens with one attached hydrogen (secondary N) is 1. The van der Waals surface area contributed by atoms with Gasteiger partial charge < -0.3 is 14.8 Å². The molecule has 3 aromatic carbocycles. The summed E-state index contributed by atoms with van der Waals surface area (Å²) in [5.74, 6) is -0.309. The molecule has 1 saturated heterocycles. The van der Waals surface area contributed by atoms with Gasteiger partial charge in [0.2, 0.25) is 0 Å². The number of halogens is 1. The average molecular weight is 568 g/mol. The Kier molecular flexibility index (Phi) is 7.02. The summed E-state index contributed by atoms with van der Waals surface area (Å²) in [6, 6.07) is 30.2. The molecule has 1 fully saturated rings. The largest absolute Gasteiger partial charge is 0.351 e. The van der Waals surface area contributed by atoms with E-state index in [-0.39, 0.29) is 23.6 Å². The minimum atomic E-state index is -0.407. The van der Waals surface area contributed by atoms with Crippen molar-refractivity contribution >= 4 is 40.5 Å². The van der Waals surface area contributed by atoms with Crippen LogP contribution in [-0.2, 0) is 0 Å². The van der Waals surface area contributed by atoms with Crippen molar-refractivity contribution in [1.82, 2.24) is 14.9 Å². The third-order valence-corrected chi connectivity index (χ3v) is 8.00. The van der Waals surface area contributed by atoms with Crippen LogP contribution in [0.1, 0.15) is 23.5 Å². The van der Waals surface area contributed by atoms with Crippen molar-refractivity contribution in [3.63, 3.8) is 0 Å². The zero-order chi connectivity index (χ0) is 27.6. The molecule has 0 saturated carbocycles. The zero-order valence-corrected chi connectivity index (χ0v) is 22.6. The van der Waals surface area contributed by atoms with E-state index < -0.39 is 4.92 Å². The maximum absolute atomic E-state index is 14.2. The maximum atomic E-state index is 14.2. The topological polar surface area (TPSA) is 76.2 Å². The van der Waals surface area contributed by atoms with Crippen molar-refractivity contribution in [2.75, 3.05) is 4.90 Å². The highest BCUT2D eigenvalue weighted by Gasteiger charge is 2.42. The Morgan fingerprint density at radius 1 is 0.900 bits per heavy atom. The van der Waals surface area contributed by atoms with Crippen LogP contribution in [0.15, 0.2) is 125 Å². The van der Waals surface area contributed by atoms with E-state index in [2.05, 4.69) is 15.2 Å². The summed E-state index contributed by atoms with van der Waals surface area (Å²) in [6.07, 6.45) is 3.68. The van der Waals surface area contributed by atoms with Gasteiger partial charge in [0.25, 0.3) is 5.69 Å². The van der Waals surface area contributed by atoms with Crippen LogP contribution in [-0.4, -0.2) is 19.6 Å². The van der Waals surface area contributed by atoms with Gasteiger partial charge in [0.15, 0.2) is 5.11 Å². The molecule has 40 heavy (non-hydrogen) atoms. The standard InChI is InChI=1S/C30H22FN5O2S2/c31-20-5-3-6-23(19-20)34-18-4-8-27(34)29-28(26-7-1-2-17-32-26)33-30(39)35(29)21-9-13-24(14-10-21)40-25-15-11-22(12-16-25)36(37)38/h1-19,28-29H,(H,33,39)/t28-,29+/m1/s1. The molecular weight excluding hydrogens is 545 g/mol. The highest BCUT2D eigenvalue weighted by atomic mass is 32.2. The Balaban J connectivity index is 1.36. The number of rotatable bonds is 7. The number of nitro benzene ring substituents is 1. The van der Waals surface area contributed by atoms with Gasteiger partial charge in [0.1, 0.15) is 11.9 Å². The molecule has 0 radical (unpaired) electrons. The molecule has 1 aliphatic rings. The summed E-state index contributed by atoms with van der Waals surface area (Å²) in [7, 11) is 0. The lowest BCUT2D eigenvalue weighted by molar-refractivity contribution is -0.384. The van der Waals surface area contributed by atoms with Crippen LogP contribution < -0.4 is 10.2 Å². The number of nitrogens with zero attached hydrogens (tertiary/aromatic N) is 4. The van der Waals surface area contributed by atoms with Crippen molar-refractivity contribution in [1.29, 1.82) is 0 Å². The van der Waals surface area contributed by atoms with Gasteiger partial charge in [-0.3, -0.25) is 15.1 Å². The lowest BCUT2D eigenvalue weighted by Gasteiger charge is -2.29. The fourth-order valence-electron chi connectivity index (χ4n) is 4.88. The quantitative estimate of drug-likeness (QED) is 0.126. The highest BCUT2D eigenvalue weighted by molar-refractivity contribution is 7.99. The first-order chi connectivity index (χ1) is 19.5. The predicted molar refractivity (Wildman–Crippen MR) is 157 cm³/mol. The number of benzene rings is 3. The van der Waals surface area contributed by atoms with E-state index in [0.29, 0.717) is 10.8 Å². The number of nitro groups is 1. The molecule has 7 nitrogen and oxygen atoms in total. The molecule has 5 aromatic rings. The van der Waals surface area contributed by atoms with E-state index in [0.717, 1.165) is 26.9 Å². The monoisotopic (exact) mass is 567 g/mol. The third-order valence-electron chi connectivity index (χ3n) is 6.67. The zero-order valence-electron chi connectivity index (χ0n) is 20.9. The fourth-order valence-corrected chi connectivity index (χ4v) is 6.04. The van der Waals surface area contributed by atoms with Crippen molar-refractivity contribution in [3.8, 4) is 5.69 Å². The van der Waals surface area contributed by atoms with Gasteiger partial charge in [0, 0.05) is 51.4 Å². The smallest absolute Gasteiger partial charge is 0.269 e. The second-order valence-electron chi connectivity index (χ2n) is 9.13. The van der Waals surface area contributed by atoms with Crippen molar-refractivity contribution in [2.24, 2.45) is 0 Å². The van der Waals surface area contributed by atoms with Crippen LogP contribution >= 0.6 is 24.0 Å². The number of aromatic nitrogens is 2. The highest BCUT2D eigenvalue weighted by Crippen LogP contribution is 2.43. The van der Waals surface area contributed by atoms with Crippen molar-refractivity contribution in [2.45, 2.75) is 21.9 Å².